The molecule has 1 N–H and O–H groups in total. The molecule has 190 valence electrons. The zero-order chi connectivity index (χ0) is 26.4. The summed E-state index contributed by atoms with van der Waals surface area (Å²) in [5.74, 6) is -0.539. The van der Waals surface area contributed by atoms with Crippen LogP contribution in [-0.4, -0.2) is 35.7 Å². The summed E-state index contributed by atoms with van der Waals surface area (Å²) in [6, 6.07) is 11.0. The zero-order valence-electron chi connectivity index (χ0n) is 20.6. The highest BCUT2D eigenvalue weighted by Gasteiger charge is 2.37. The molecule has 2 atom stereocenters. The number of halogens is 3. The third-order valence-corrected chi connectivity index (χ3v) is 6.34. The maximum Gasteiger partial charge on any atom is 0.417 e. The topological polar surface area (TPSA) is 76.5 Å². The van der Waals surface area contributed by atoms with Crippen LogP contribution in [0.25, 0.3) is 11.4 Å². The van der Waals surface area contributed by atoms with Crippen LogP contribution in [0, 0.1) is 6.92 Å². The second-order valence-corrected chi connectivity index (χ2v) is 9.05. The molecule has 1 heterocycles. The number of carbonyl (C=O) groups is 1. The summed E-state index contributed by atoms with van der Waals surface area (Å²) >= 11 is 0. The van der Waals surface area contributed by atoms with Crippen molar-refractivity contribution in [3.63, 3.8) is 0 Å². The first-order chi connectivity index (χ1) is 16.9. The summed E-state index contributed by atoms with van der Waals surface area (Å²) in [4.78, 5) is 31.1. The second-order valence-electron chi connectivity index (χ2n) is 9.05. The second kappa shape index (κ2) is 9.33. The number of esters is 1. The Bertz CT molecular complexity index is 1380. The molecule has 36 heavy (non-hydrogen) atoms. The third-order valence-electron chi connectivity index (χ3n) is 6.34. The van der Waals surface area contributed by atoms with Gasteiger partial charge in [0.25, 0.3) is 5.56 Å². The number of rotatable bonds is 5. The summed E-state index contributed by atoms with van der Waals surface area (Å²) in [5, 5.41) is 3.18. The Hall–Kier alpha value is -3.82. The normalized spacial score (nSPS) is 17.0. The summed E-state index contributed by atoms with van der Waals surface area (Å²) in [6.07, 6.45) is -4.71. The third kappa shape index (κ3) is 4.67. The number of nitrogens with zero attached hydrogens (tertiary/aromatic N) is 3. The van der Waals surface area contributed by atoms with Crippen molar-refractivity contribution in [1.82, 2.24) is 9.55 Å². The number of benzene rings is 2. The van der Waals surface area contributed by atoms with Gasteiger partial charge < -0.3 is 15.0 Å². The molecular formula is C26H27F3N4O3. The molecular weight excluding hydrogens is 473 g/mol. The van der Waals surface area contributed by atoms with Crippen molar-refractivity contribution < 1.29 is 22.7 Å². The average Bonchev–Trinajstić information content (AvgIpc) is 3.14. The van der Waals surface area contributed by atoms with E-state index in [1.54, 1.807) is 32.0 Å². The summed E-state index contributed by atoms with van der Waals surface area (Å²) < 4.78 is 48.5. The number of aromatic nitrogens is 2. The molecule has 1 aliphatic rings. The highest BCUT2D eigenvalue weighted by molar-refractivity contribution is 5.69. The van der Waals surface area contributed by atoms with Gasteiger partial charge in [0.05, 0.1) is 17.3 Å². The number of ether oxygens (including phenoxy) is 1. The van der Waals surface area contributed by atoms with Crippen LogP contribution in [0.4, 0.5) is 24.5 Å². The van der Waals surface area contributed by atoms with Crippen LogP contribution in [-0.2, 0) is 29.2 Å². The molecule has 10 heteroatoms. The van der Waals surface area contributed by atoms with Gasteiger partial charge >= 0.3 is 12.1 Å². The molecule has 7 nitrogen and oxygen atoms in total. The molecule has 2 aromatic carbocycles. The van der Waals surface area contributed by atoms with Crippen LogP contribution in [0.15, 0.2) is 47.3 Å². The minimum Gasteiger partial charge on any atom is -0.460 e. The summed E-state index contributed by atoms with van der Waals surface area (Å²) in [5.41, 5.74) is 1.02. The van der Waals surface area contributed by atoms with Crippen molar-refractivity contribution in [2.24, 2.45) is 7.05 Å². The Morgan fingerprint density at radius 3 is 2.53 bits per heavy atom. The molecule has 0 radical (unpaired) electrons. The number of fused-ring (bicyclic) bond motifs is 1. The predicted molar refractivity (Wildman–Crippen MR) is 131 cm³/mol. The molecule has 0 bridgehead atoms. The predicted octanol–water partition coefficient (Wildman–Crippen LogP) is 4.48. The van der Waals surface area contributed by atoms with E-state index in [1.807, 2.05) is 24.3 Å². The standard InChI is InChI=1S/C26H27F3N4O3/c1-14-22(31-23-18-9-7-6-8-16(18)12-21(23)36-15(2)34)25(35)33(5)24(30-14)19-11-10-17(32(3)4)13-20(19)26(27,28)29/h6-11,13,21,23,31H,12H2,1-5H3/t21-,23-/m0/s1. The van der Waals surface area contributed by atoms with Gasteiger partial charge in [0.15, 0.2) is 0 Å². The van der Waals surface area contributed by atoms with E-state index in [0.29, 0.717) is 12.1 Å². The van der Waals surface area contributed by atoms with Gasteiger partial charge in [-0.05, 0) is 36.2 Å². The summed E-state index contributed by atoms with van der Waals surface area (Å²) in [7, 11) is 4.69. The molecule has 0 spiro atoms. The Morgan fingerprint density at radius 1 is 1.19 bits per heavy atom. The lowest BCUT2D eigenvalue weighted by Gasteiger charge is -2.24. The molecule has 0 aliphatic heterocycles. The first-order valence-electron chi connectivity index (χ1n) is 11.4. The van der Waals surface area contributed by atoms with E-state index in [0.717, 1.165) is 21.8 Å². The van der Waals surface area contributed by atoms with Crippen LogP contribution in [0.5, 0.6) is 0 Å². The van der Waals surface area contributed by atoms with Crippen LogP contribution >= 0.6 is 0 Å². The largest absolute Gasteiger partial charge is 0.460 e. The highest BCUT2D eigenvalue weighted by Crippen LogP contribution is 2.39. The van der Waals surface area contributed by atoms with Crippen LogP contribution in [0.2, 0.25) is 0 Å². The Labute approximate surface area is 206 Å². The minimum absolute atomic E-state index is 0.0935. The fourth-order valence-electron chi connectivity index (χ4n) is 4.56. The van der Waals surface area contributed by atoms with Crippen molar-refractivity contribution in [1.29, 1.82) is 0 Å². The van der Waals surface area contributed by atoms with E-state index in [-0.39, 0.29) is 22.8 Å². The number of hydrogen-bond acceptors (Lipinski definition) is 6. The van der Waals surface area contributed by atoms with E-state index < -0.39 is 35.4 Å². The number of hydrogen-bond donors (Lipinski definition) is 1. The first kappa shape index (κ1) is 25.3. The lowest BCUT2D eigenvalue weighted by molar-refractivity contribution is -0.146. The van der Waals surface area contributed by atoms with E-state index in [4.69, 9.17) is 4.74 Å². The maximum atomic E-state index is 14.0. The molecule has 0 fully saturated rings. The van der Waals surface area contributed by atoms with Gasteiger partial charge in [-0.25, -0.2) is 4.98 Å². The van der Waals surface area contributed by atoms with Gasteiger partial charge in [-0.2, -0.15) is 13.2 Å². The molecule has 1 aliphatic carbocycles. The number of nitrogens with one attached hydrogen (secondary N) is 1. The SMILES string of the molecule is CC(=O)O[C@H]1Cc2ccccc2[C@@H]1Nc1c(C)nc(-c2ccc(N(C)C)cc2C(F)(F)F)n(C)c1=O. The lowest BCUT2D eigenvalue weighted by atomic mass is 10.0. The van der Waals surface area contributed by atoms with E-state index >= 15 is 0 Å². The van der Waals surface area contributed by atoms with Gasteiger partial charge in [0.2, 0.25) is 0 Å². The van der Waals surface area contributed by atoms with Crippen LogP contribution < -0.4 is 15.8 Å². The Balaban J connectivity index is 1.80. The van der Waals surface area contributed by atoms with E-state index in [2.05, 4.69) is 10.3 Å². The molecule has 0 amide bonds. The first-order valence-corrected chi connectivity index (χ1v) is 11.4. The fourth-order valence-corrected chi connectivity index (χ4v) is 4.56. The van der Waals surface area contributed by atoms with Crippen molar-refractivity contribution in [2.75, 3.05) is 24.3 Å². The van der Waals surface area contributed by atoms with Crippen molar-refractivity contribution in [2.45, 2.75) is 38.6 Å². The van der Waals surface area contributed by atoms with Gasteiger partial charge in [0, 0.05) is 45.7 Å². The molecule has 4 rings (SSSR count). The van der Waals surface area contributed by atoms with E-state index in [9.17, 15) is 22.8 Å². The molecule has 1 aromatic heterocycles. The number of aryl methyl sites for hydroxylation is 1. The smallest absolute Gasteiger partial charge is 0.417 e. The monoisotopic (exact) mass is 500 g/mol. The number of carbonyl (C=O) groups excluding carboxylic acids is 1. The Kier molecular flexibility index (Phi) is 6.55. The highest BCUT2D eigenvalue weighted by atomic mass is 19.4. The molecule has 3 aromatic rings. The molecule has 0 saturated carbocycles. The van der Waals surface area contributed by atoms with Gasteiger partial charge in [-0.1, -0.05) is 24.3 Å². The lowest BCUT2D eigenvalue weighted by Crippen LogP contribution is -2.32. The average molecular weight is 501 g/mol. The van der Waals surface area contributed by atoms with Crippen LogP contribution in [0.3, 0.4) is 0 Å². The number of anilines is 2. The maximum absolute atomic E-state index is 14.0. The van der Waals surface area contributed by atoms with Crippen LogP contribution in [0.1, 0.15) is 35.3 Å². The Morgan fingerprint density at radius 2 is 1.89 bits per heavy atom. The van der Waals surface area contributed by atoms with Crippen molar-refractivity contribution in [3.8, 4) is 11.4 Å². The van der Waals surface area contributed by atoms with Gasteiger partial charge in [-0.3, -0.25) is 14.2 Å². The quantitative estimate of drug-likeness (QED) is 0.521. The number of alkyl halides is 3. The van der Waals surface area contributed by atoms with E-state index in [1.165, 1.54) is 20.0 Å². The molecule has 0 saturated heterocycles. The minimum atomic E-state index is -4.64. The summed E-state index contributed by atoms with van der Waals surface area (Å²) in [6.45, 7) is 2.89. The van der Waals surface area contributed by atoms with Crippen molar-refractivity contribution in [3.05, 3.63) is 75.2 Å². The van der Waals surface area contributed by atoms with Gasteiger partial charge in [-0.15, -0.1) is 0 Å². The molecule has 0 unspecified atom stereocenters. The van der Waals surface area contributed by atoms with Gasteiger partial charge in [0.1, 0.15) is 17.6 Å². The fraction of sp³-hybridized carbons (Fsp3) is 0.346. The zero-order valence-corrected chi connectivity index (χ0v) is 20.6. The van der Waals surface area contributed by atoms with Crippen molar-refractivity contribution >= 4 is 17.3 Å².